The van der Waals surface area contributed by atoms with Crippen LogP contribution in [0.15, 0.2) is 86.6 Å². The second-order valence-corrected chi connectivity index (χ2v) is 11.8. The Labute approximate surface area is 228 Å². The zero-order chi connectivity index (χ0) is 27.1. The maximum absolute atomic E-state index is 11.4. The van der Waals surface area contributed by atoms with Crippen molar-refractivity contribution in [3.8, 4) is 11.1 Å². The predicted molar refractivity (Wildman–Crippen MR) is 150 cm³/mol. The summed E-state index contributed by atoms with van der Waals surface area (Å²) in [6.45, 7) is 3.89. The number of carboxylic acid groups (broad SMARTS) is 1. The number of nitrogens with zero attached hydrogens (tertiary/aromatic N) is 2. The van der Waals surface area contributed by atoms with Gasteiger partial charge in [0.25, 0.3) is 0 Å². The van der Waals surface area contributed by atoms with Gasteiger partial charge in [0.05, 0.1) is 11.8 Å². The van der Waals surface area contributed by atoms with Gasteiger partial charge in [-0.05, 0) is 48.7 Å². The number of carbonyl (C=O) groups is 1. The molecular weight excluding hydrogens is 522 g/mol. The minimum absolute atomic E-state index is 0.290. The van der Waals surface area contributed by atoms with Gasteiger partial charge in [0.15, 0.2) is 4.34 Å². The lowest BCUT2D eigenvalue weighted by Gasteiger charge is -2.15. The average molecular weight is 550 g/mol. The van der Waals surface area contributed by atoms with Gasteiger partial charge in [-0.15, -0.1) is 11.3 Å². The SMILES string of the molecule is CC(C)(Sc1nc(CCN/C(=C/c2cccc(-c3ccccc3)c2)Cc2ccc([N+](=O)[O-])o2)cs1)C(=O)O. The van der Waals surface area contributed by atoms with Gasteiger partial charge in [-0.3, -0.25) is 14.9 Å². The molecule has 2 aromatic carbocycles. The molecule has 2 aromatic heterocycles. The third kappa shape index (κ3) is 7.33. The number of nitro groups is 1. The van der Waals surface area contributed by atoms with E-state index >= 15 is 0 Å². The van der Waals surface area contributed by atoms with E-state index in [-0.39, 0.29) is 5.88 Å². The second kappa shape index (κ2) is 12.1. The van der Waals surface area contributed by atoms with Gasteiger partial charge in [-0.2, -0.15) is 0 Å². The van der Waals surface area contributed by atoms with Crippen molar-refractivity contribution in [2.45, 2.75) is 35.8 Å². The molecule has 8 nitrogen and oxygen atoms in total. The van der Waals surface area contributed by atoms with Gasteiger partial charge in [-0.1, -0.05) is 60.3 Å². The number of thioether (sulfide) groups is 1. The molecule has 0 spiro atoms. The van der Waals surface area contributed by atoms with Crippen LogP contribution in [0, 0.1) is 10.1 Å². The van der Waals surface area contributed by atoms with Crippen molar-refractivity contribution in [1.29, 1.82) is 0 Å². The Morgan fingerprint density at radius 1 is 1.16 bits per heavy atom. The van der Waals surface area contributed by atoms with E-state index < -0.39 is 15.6 Å². The quantitative estimate of drug-likeness (QED) is 0.114. The van der Waals surface area contributed by atoms with Crippen LogP contribution in [0.3, 0.4) is 0 Å². The molecule has 0 amide bonds. The summed E-state index contributed by atoms with van der Waals surface area (Å²) in [5.74, 6) is -0.690. The first-order chi connectivity index (χ1) is 18.2. The molecule has 4 aromatic rings. The summed E-state index contributed by atoms with van der Waals surface area (Å²) in [4.78, 5) is 26.5. The second-order valence-electron chi connectivity index (χ2n) is 9.03. The highest BCUT2D eigenvalue weighted by Gasteiger charge is 2.29. The Morgan fingerprint density at radius 2 is 1.92 bits per heavy atom. The van der Waals surface area contributed by atoms with Gasteiger partial charge in [0.1, 0.15) is 15.4 Å². The largest absolute Gasteiger partial charge is 0.480 e. The number of carboxylic acids is 1. The van der Waals surface area contributed by atoms with E-state index in [1.807, 2.05) is 41.8 Å². The third-order valence-electron chi connectivity index (χ3n) is 5.65. The van der Waals surface area contributed by atoms with Crippen LogP contribution in [0.4, 0.5) is 5.88 Å². The summed E-state index contributed by atoms with van der Waals surface area (Å²) < 4.78 is 5.16. The van der Waals surface area contributed by atoms with Crippen molar-refractivity contribution in [2.24, 2.45) is 0 Å². The Bertz CT molecular complexity index is 1440. The first-order valence-corrected chi connectivity index (χ1v) is 13.6. The van der Waals surface area contributed by atoms with Crippen LogP contribution in [0.5, 0.6) is 0 Å². The summed E-state index contributed by atoms with van der Waals surface area (Å²) in [6.07, 6.45) is 3.00. The van der Waals surface area contributed by atoms with Crippen molar-refractivity contribution >= 4 is 41.0 Å². The standard InChI is InChI=1S/C28H27N3O5S2/c1-28(2,26(32)33)38-27-30-22(18-37-27)13-14-29-23(17-24-11-12-25(36-24)31(34)35)16-19-7-6-10-21(15-19)20-8-4-3-5-9-20/h3-12,15-16,18,29H,13-14,17H2,1-2H3,(H,32,33)/b23-16+. The van der Waals surface area contributed by atoms with E-state index in [2.05, 4.69) is 34.6 Å². The average Bonchev–Trinajstić information content (AvgIpc) is 3.54. The van der Waals surface area contributed by atoms with Crippen molar-refractivity contribution in [1.82, 2.24) is 10.3 Å². The monoisotopic (exact) mass is 549 g/mol. The lowest BCUT2D eigenvalue weighted by Crippen LogP contribution is -2.26. The lowest BCUT2D eigenvalue weighted by atomic mass is 10.0. The Balaban J connectivity index is 1.49. The molecular formula is C28H27N3O5S2. The van der Waals surface area contributed by atoms with Crippen molar-refractivity contribution in [3.63, 3.8) is 0 Å². The Hall–Kier alpha value is -3.89. The molecule has 0 saturated heterocycles. The number of benzene rings is 2. The minimum atomic E-state index is -0.955. The minimum Gasteiger partial charge on any atom is -0.480 e. The maximum Gasteiger partial charge on any atom is 0.433 e. The van der Waals surface area contributed by atoms with Crippen LogP contribution in [0.1, 0.15) is 30.9 Å². The number of hydrogen-bond acceptors (Lipinski definition) is 8. The smallest absolute Gasteiger partial charge is 0.433 e. The number of hydrogen-bond donors (Lipinski definition) is 2. The van der Waals surface area contributed by atoms with Gasteiger partial charge in [0, 0.05) is 30.5 Å². The van der Waals surface area contributed by atoms with Gasteiger partial charge in [-0.25, -0.2) is 4.98 Å². The fraction of sp³-hybridized carbons (Fsp3) is 0.214. The topological polar surface area (TPSA) is 119 Å². The van der Waals surface area contributed by atoms with Crippen LogP contribution in [-0.4, -0.2) is 32.3 Å². The van der Waals surface area contributed by atoms with Gasteiger partial charge >= 0.3 is 11.9 Å². The zero-order valence-corrected chi connectivity index (χ0v) is 22.6. The van der Waals surface area contributed by atoms with Crippen LogP contribution in [0.25, 0.3) is 17.2 Å². The molecule has 0 saturated carbocycles. The molecule has 0 aliphatic carbocycles. The molecule has 38 heavy (non-hydrogen) atoms. The maximum atomic E-state index is 11.4. The molecule has 0 unspecified atom stereocenters. The summed E-state index contributed by atoms with van der Waals surface area (Å²) in [6, 6.07) is 21.2. The predicted octanol–water partition coefficient (Wildman–Crippen LogP) is 6.68. The molecule has 0 radical (unpaired) electrons. The molecule has 0 aliphatic heterocycles. The number of allylic oxidation sites excluding steroid dienone is 1. The Kier molecular flexibility index (Phi) is 8.65. The van der Waals surface area contributed by atoms with Gasteiger partial charge < -0.3 is 14.8 Å². The number of thiazole rings is 1. The number of nitrogens with one attached hydrogen (secondary N) is 1. The molecule has 0 fully saturated rings. The highest BCUT2D eigenvalue weighted by atomic mass is 32.2. The van der Waals surface area contributed by atoms with Crippen LogP contribution < -0.4 is 5.32 Å². The number of aromatic nitrogens is 1. The summed E-state index contributed by atoms with van der Waals surface area (Å²) in [7, 11) is 0. The molecule has 0 atom stereocenters. The molecule has 0 aliphatic rings. The van der Waals surface area contributed by atoms with Crippen molar-refractivity contribution < 1.29 is 19.2 Å². The lowest BCUT2D eigenvalue weighted by molar-refractivity contribution is -0.402. The van der Waals surface area contributed by atoms with Crippen molar-refractivity contribution in [2.75, 3.05) is 6.54 Å². The zero-order valence-electron chi connectivity index (χ0n) is 20.9. The first-order valence-electron chi connectivity index (χ1n) is 11.9. The fourth-order valence-corrected chi connectivity index (χ4v) is 5.84. The fourth-order valence-electron chi connectivity index (χ4n) is 3.61. The number of furan rings is 1. The number of aliphatic carboxylic acids is 1. The van der Waals surface area contributed by atoms with E-state index in [4.69, 9.17) is 4.42 Å². The highest BCUT2D eigenvalue weighted by Crippen LogP contribution is 2.34. The summed E-state index contributed by atoms with van der Waals surface area (Å²) in [5.41, 5.74) is 4.89. The molecule has 2 heterocycles. The third-order valence-corrected chi connectivity index (χ3v) is 7.82. The number of rotatable bonds is 12. The summed E-state index contributed by atoms with van der Waals surface area (Å²) >= 11 is 2.66. The van der Waals surface area contributed by atoms with E-state index in [1.54, 1.807) is 19.9 Å². The van der Waals surface area contributed by atoms with E-state index in [9.17, 15) is 20.0 Å². The molecule has 4 rings (SSSR count). The molecule has 196 valence electrons. The normalized spacial score (nSPS) is 11.9. The van der Waals surface area contributed by atoms with E-state index in [0.717, 1.165) is 28.1 Å². The van der Waals surface area contributed by atoms with Crippen LogP contribution in [-0.2, 0) is 17.6 Å². The molecule has 10 heteroatoms. The highest BCUT2D eigenvalue weighted by molar-refractivity contribution is 8.03. The van der Waals surface area contributed by atoms with E-state index in [0.29, 0.717) is 29.5 Å². The Morgan fingerprint density at radius 3 is 2.63 bits per heavy atom. The van der Waals surface area contributed by atoms with Gasteiger partial charge in [0.2, 0.25) is 0 Å². The van der Waals surface area contributed by atoms with Crippen LogP contribution in [0.2, 0.25) is 0 Å². The first kappa shape index (κ1) is 27.2. The molecule has 0 bridgehead atoms. The van der Waals surface area contributed by atoms with Crippen LogP contribution >= 0.6 is 23.1 Å². The molecule has 2 N–H and O–H groups in total. The van der Waals surface area contributed by atoms with Crippen molar-refractivity contribution in [3.05, 3.63) is 105 Å². The van der Waals surface area contributed by atoms with E-state index in [1.165, 1.54) is 29.2 Å². The summed E-state index contributed by atoms with van der Waals surface area (Å²) in [5, 5.41) is 25.8.